The molecule has 0 bridgehead atoms. The van der Waals surface area contributed by atoms with Gasteiger partial charge >= 0.3 is 0 Å². The molecule has 1 aliphatic rings. The molecule has 5 heteroatoms. The molecule has 0 aliphatic carbocycles. The van der Waals surface area contributed by atoms with Crippen molar-refractivity contribution in [1.82, 2.24) is 0 Å². The maximum atomic E-state index is 12.9. The van der Waals surface area contributed by atoms with Crippen LogP contribution in [0.15, 0.2) is 22.7 Å². The molecule has 0 aromatic heterocycles. The predicted molar refractivity (Wildman–Crippen MR) is 108 cm³/mol. The van der Waals surface area contributed by atoms with Gasteiger partial charge in [-0.1, -0.05) is 67.8 Å². The highest BCUT2D eigenvalue weighted by Crippen LogP contribution is 2.43. The summed E-state index contributed by atoms with van der Waals surface area (Å²) >= 11 is 3.40. The Hall–Kier alpha value is -1.20. The topological polar surface area (TPSA) is 57.6 Å². The lowest BCUT2D eigenvalue weighted by Gasteiger charge is -2.22. The van der Waals surface area contributed by atoms with E-state index >= 15 is 0 Å². The number of nitrogens with zero attached hydrogens (tertiary/aromatic N) is 1. The lowest BCUT2D eigenvalue weighted by molar-refractivity contribution is -0.141. The first-order valence-electron chi connectivity index (χ1n) is 9.74. The van der Waals surface area contributed by atoms with Crippen LogP contribution in [0.5, 0.6) is 0 Å². The van der Waals surface area contributed by atoms with Crippen molar-refractivity contribution in [1.29, 1.82) is 0 Å². The maximum Gasteiger partial charge on any atom is 0.264 e. The quantitative estimate of drug-likeness (QED) is 0.503. The highest BCUT2D eigenvalue weighted by Gasteiger charge is 2.50. The number of fused-ring (bicyclic) bond motifs is 1. The van der Waals surface area contributed by atoms with Gasteiger partial charge in [0.05, 0.1) is 5.69 Å². The average molecular weight is 424 g/mol. The van der Waals surface area contributed by atoms with Gasteiger partial charge in [-0.3, -0.25) is 9.59 Å². The standard InChI is InChI=1S/C21H30BrNO3/c1-3-4-5-6-7-8-9-10-13-23-19-12-11-17(22)14-18(19)21(26,20(23)25)15-16(2)24/h11-12,14,26H,3-10,13,15H2,1-2H3. The fraction of sp³-hybridized carbons (Fsp3) is 0.619. The van der Waals surface area contributed by atoms with E-state index in [0.717, 1.165) is 23.0 Å². The number of ketones is 1. The van der Waals surface area contributed by atoms with Gasteiger partial charge < -0.3 is 10.0 Å². The van der Waals surface area contributed by atoms with Crippen molar-refractivity contribution >= 4 is 33.3 Å². The molecular formula is C21H30BrNO3. The van der Waals surface area contributed by atoms with Crippen molar-refractivity contribution < 1.29 is 14.7 Å². The molecule has 144 valence electrons. The zero-order chi connectivity index (χ0) is 19.2. The van der Waals surface area contributed by atoms with Crippen LogP contribution in [0, 0.1) is 0 Å². The number of Topliss-reactive ketones (excluding diaryl/α,β-unsaturated/α-hetero) is 1. The number of hydrogen-bond donors (Lipinski definition) is 1. The molecule has 26 heavy (non-hydrogen) atoms. The maximum absolute atomic E-state index is 12.9. The number of benzene rings is 1. The minimum Gasteiger partial charge on any atom is -0.375 e. The van der Waals surface area contributed by atoms with Crippen LogP contribution in [-0.2, 0) is 15.2 Å². The zero-order valence-corrected chi connectivity index (χ0v) is 17.5. The van der Waals surface area contributed by atoms with Gasteiger partial charge in [-0.25, -0.2) is 0 Å². The molecule has 2 rings (SSSR count). The molecule has 0 saturated heterocycles. The molecule has 1 heterocycles. The highest BCUT2D eigenvalue weighted by molar-refractivity contribution is 9.10. The molecule has 1 aliphatic heterocycles. The van der Waals surface area contributed by atoms with Crippen LogP contribution in [0.4, 0.5) is 5.69 Å². The van der Waals surface area contributed by atoms with E-state index in [1.165, 1.54) is 45.4 Å². The summed E-state index contributed by atoms with van der Waals surface area (Å²) in [4.78, 5) is 26.1. The van der Waals surface area contributed by atoms with E-state index in [9.17, 15) is 14.7 Å². The number of aliphatic hydroxyl groups is 1. The second kappa shape index (κ2) is 9.65. The van der Waals surface area contributed by atoms with Crippen LogP contribution in [-0.4, -0.2) is 23.3 Å². The minimum atomic E-state index is -1.73. The van der Waals surface area contributed by atoms with E-state index in [1.807, 2.05) is 12.1 Å². The van der Waals surface area contributed by atoms with Crippen LogP contribution in [0.1, 0.15) is 77.2 Å². The number of unbranched alkanes of at least 4 members (excludes halogenated alkanes) is 7. The highest BCUT2D eigenvalue weighted by atomic mass is 79.9. The summed E-state index contributed by atoms with van der Waals surface area (Å²) in [6.07, 6.45) is 9.38. The first-order chi connectivity index (χ1) is 12.4. The van der Waals surface area contributed by atoms with Crippen molar-refractivity contribution in [2.45, 2.75) is 77.2 Å². The van der Waals surface area contributed by atoms with Gasteiger partial charge in [0.15, 0.2) is 5.60 Å². The summed E-state index contributed by atoms with van der Waals surface area (Å²) in [5, 5.41) is 11.0. The second-order valence-electron chi connectivity index (χ2n) is 7.33. The van der Waals surface area contributed by atoms with E-state index < -0.39 is 5.60 Å². The number of hydrogen-bond acceptors (Lipinski definition) is 3. The van der Waals surface area contributed by atoms with E-state index in [2.05, 4.69) is 22.9 Å². The minimum absolute atomic E-state index is 0.177. The van der Waals surface area contributed by atoms with Crippen molar-refractivity contribution in [3.63, 3.8) is 0 Å². The van der Waals surface area contributed by atoms with Gasteiger partial charge in [0.25, 0.3) is 5.91 Å². The third kappa shape index (κ3) is 4.95. The molecule has 0 spiro atoms. The molecular weight excluding hydrogens is 394 g/mol. The van der Waals surface area contributed by atoms with E-state index in [1.54, 1.807) is 11.0 Å². The van der Waals surface area contributed by atoms with Gasteiger partial charge in [0.2, 0.25) is 0 Å². The fourth-order valence-electron chi connectivity index (χ4n) is 3.68. The predicted octanol–water partition coefficient (Wildman–Crippen LogP) is 5.10. The first-order valence-corrected chi connectivity index (χ1v) is 10.5. The zero-order valence-electron chi connectivity index (χ0n) is 15.9. The molecule has 0 radical (unpaired) electrons. The third-order valence-corrected chi connectivity index (χ3v) is 5.53. The van der Waals surface area contributed by atoms with Crippen molar-refractivity contribution in [2.75, 3.05) is 11.4 Å². The molecule has 1 unspecified atom stereocenters. The fourth-order valence-corrected chi connectivity index (χ4v) is 4.04. The molecule has 1 aromatic carbocycles. The van der Waals surface area contributed by atoms with Gasteiger partial charge in [-0.2, -0.15) is 0 Å². The molecule has 1 aromatic rings. The summed E-state index contributed by atoms with van der Waals surface area (Å²) < 4.78 is 0.792. The van der Waals surface area contributed by atoms with Gasteiger partial charge in [0.1, 0.15) is 5.78 Å². The Labute approximate surface area is 165 Å². The molecule has 0 fully saturated rings. The number of carbonyl (C=O) groups excluding carboxylic acids is 2. The van der Waals surface area contributed by atoms with Crippen LogP contribution in [0.2, 0.25) is 0 Å². The van der Waals surface area contributed by atoms with E-state index in [-0.39, 0.29) is 18.1 Å². The summed E-state index contributed by atoms with van der Waals surface area (Å²) in [5.74, 6) is -0.565. The Morgan fingerprint density at radius 2 is 1.73 bits per heavy atom. The summed E-state index contributed by atoms with van der Waals surface area (Å²) in [6, 6.07) is 5.47. The number of carbonyl (C=O) groups is 2. The van der Waals surface area contributed by atoms with E-state index in [0.29, 0.717) is 12.1 Å². The van der Waals surface area contributed by atoms with Crippen molar-refractivity contribution in [3.8, 4) is 0 Å². The lowest BCUT2D eigenvalue weighted by Crippen LogP contribution is -2.41. The van der Waals surface area contributed by atoms with Gasteiger partial charge in [-0.05, 0) is 31.5 Å². The molecule has 1 amide bonds. The summed E-state index contributed by atoms with van der Waals surface area (Å²) in [5.41, 5.74) is -0.470. The smallest absolute Gasteiger partial charge is 0.264 e. The molecule has 0 saturated carbocycles. The monoisotopic (exact) mass is 423 g/mol. The van der Waals surface area contributed by atoms with Crippen LogP contribution in [0.3, 0.4) is 0 Å². The van der Waals surface area contributed by atoms with Crippen LogP contribution >= 0.6 is 15.9 Å². The summed E-state index contributed by atoms with van der Waals surface area (Å²) in [7, 11) is 0. The molecule has 1 N–H and O–H groups in total. The largest absolute Gasteiger partial charge is 0.375 e. The Morgan fingerprint density at radius 1 is 1.12 bits per heavy atom. The Balaban J connectivity index is 1.97. The van der Waals surface area contributed by atoms with Gasteiger partial charge in [0, 0.05) is 23.0 Å². The third-order valence-electron chi connectivity index (χ3n) is 5.03. The number of anilines is 1. The number of amides is 1. The number of halogens is 1. The molecule has 4 nitrogen and oxygen atoms in total. The average Bonchev–Trinajstić information content (AvgIpc) is 2.78. The SMILES string of the molecule is CCCCCCCCCCN1C(=O)C(O)(CC(C)=O)c2cc(Br)ccc21. The van der Waals surface area contributed by atoms with Crippen LogP contribution < -0.4 is 4.90 Å². The Kier molecular flexibility index (Phi) is 7.84. The lowest BCUT2D eigenvalue weighted by atomic mass is 9.90. The van der Waals surface area contributed by atoms with E-state index in [4.69, 9.17) is 0 Å². The van der Waals surface area contributed by atoms with Crippen molar-refractivity contribution in [2.24, 2.45) is 0 Å². The Morgan fingerprint density at radius 3 is 2.35 bits per heavy atom. The van der Waals surface area contributed by atoms with Gasteiger partial charge in [-0.15, -0.1) is 0 Å². The normalized spacial score (nSPS) is 19.1. The number of rotatable bonds is 11. The van der Waals surface area contributed by atoms with Crippen molar-refractivity contribution in [3.05, 3.63) is 28.2 Å². The Bertz CT molecular complexity index is 646. The van der Waals surface area contributed by atoms with Crippen LogP contribution in [0.25, 0.3) is 0 Å². The summed E-state index contributed by atoms with van der Waals surface area (Å²) in [6.45, 7) is 4.21. The second-order valence-corrected chi connectivity index (χ2v) is 8.25. The molecule has 1 atom stereocenters. The first kappa shape index (κ1) is 21.1.